The zero-order valence-corrected chi connectivity index (χ0v) is 9.10. The molecule has 0 saturated heterocycles. The number of carboxylic acid groups (broad SMARTS) is 1. The van der Waals surface area contributed by atoms with Crippen LogP contribution in [0.1, 0.15) is 25.8 Å². The van der Waals surface area contributed by atoms with Gasteiger partial charge in [0.05, 0.1) is 5.92 Å². The lowest BCUT2D eigenvalue weighted by Crippen LogP contribution is -2.09. The molecule has 0 radical (unpaired) electrons. The summed E-state index contributed by atoms with van der Waals surface area (Å²) >= 11 is 0. The molecule has 2 nitrogen and oxygen atoms in total. The maximum absolute atomic E-state index is 10.9. The Balaban J connectivity index is 2.88. The highest BCUT2D eigenvalue weighted by atomic mass is 16.4. The fraction of sp³-hybridized carbons (Fsp3) is 0.308. The number of aliphatic carboxylic acids is 1. The molecule has 1 aromatic carbocycles. The molecule has 2 heteroatoms. The third kappa shape index (κ3) is 3.24. The Hall–Kier alpha value is -1.57. The SMILES string of the molecule is CCC(C=C(C)c1ccccc1)C(=O)O. The van der Waals surface area contributed by atoms with Gasteiger partial charge in [0.25, 0.3) is 0 Å². The lowest BCUT2D eigenvalue weighted by Gasteiger charge is -2.06. The molecule has 15 heavy (non-hydrogen) atoms. The van der Waals surface area contributed by atoms with Crippen molar-refractivity contribution in [2.24, 2.45) is 5.92 Å². The van der Waals surface area contributed by atoms with Gasteiger partial charge in [-0.1, -0.05) is 43.3 Å². The van der Waals surface area contributed by atoms with E-state index in [-0.39, 0.29) is 5.92 Å². The monoisotopic (exact) mass is 204 g/mol. The van der Waals surface area contributed by atoms with E-state index < -0.39 is 5.97 Å². The van der Waals surface area contributed by atoms with E-state index in [9.17, 15) is 4.79 Å². The minimum atomic E-state index is -0.757. The van der Waals surface area contributed by atoms with Crippen LogP contribution in [-0.2, 0) is 4.79 Å². The van der Waals surface area contributed by atoms with Crippen molar-refractivity contribution in [1.82, 2.24) is 0 Å². The molecule has 0 heterocycles. The summed E-state index contributed by atoms with van der Waals surface area (Å²) in [4.78, 5) is 10.9. The standard InChI is InChI=1S/C13H16O2/c1-3-11(13(14)15)9-10(2)12-7-5-4-6-8-12/h4-9,11H,3H2,1-2H3,(H,14,15). The minimum Gasteiger partial charge on any atom is -0.481 e. The summed E-state index contributed by atoms with van der Waals surface area (Å²) in [5.74, 6) is -1.14. The summed E-state index contributed by atoms with van der Waals surface area (Å²) in [6.07, 6.45) is 2.44. The van der Waals surface area contributed by atoms with Crippen LogP contribution in [0.2, 0.25) is 0 Å². The van der Waals surface area contributed by atoms with Gasteiger partial charge in [0.2, 0.25) is 0 Å². The second-order valence-electron chi connectivity index (χ2n) is 3.57. The van der Waals surface area contributed by atoms with Crippen LogP contribution in [0.3, 0.4) is 0 Å². The molecule has 0 bridgehead atoms. The zero-order chi connectivity index (χ0) is 11.3. The highest BCUT2D eigenvalue weighted by Gasteiger charge is 2.11. The van der Waals surface area contributed by atoms with Crippen LogP contribution in [-0.4, -0.2) is 11.1 Å². The first-order valence-electron chi connectivity index (χ1n) is 5.11. The third-order valence-electron chi connectivity index (χ3n) is 2.44. The molecule has 1 atom stereocenters. The summed E-state index contributed by atoms with van der Waals surface area (Å²) in [6.45, 7) is 3.83. The maximum Gasteiger partial charge on any atom is 0.310 e. The van der Waals surface area contributed by atoms with Crippen molar-refractivity contribution in [2.45, 2.75) is 20.3 Å². The molecular weight excluding hydrogens is 188 g/mol. The highest BCUT2D eigenvalue weighted by molar-refractivity contribution is 5.76. The fourth-order valence-corrected chi connectivity index (χ4v) is 1.46. The Morgan fingerprint density at radius 2 is 2.00 bits per heavy atom. The van der Waals surface area contributed by atoms with Crippen molar-refractivity contribution in [1.29, 1.82) is 0 Å². The van der Waals surface area contributed by atoms with Gasteiger partial charge in [0, 0.05) is 0 Å². The predicted molar refractivity (Wildman–Crippen MR) is 61.5 cm³/mol. The molecule has 1 unspecified atom stereocenters. The Labute approximate surface area is 90.3 Å². The quantitative estimate of drug-likeness (QED) is 0.817. The molecule has 0 saturated carbocycles. The largest absolute Gasteiger partial charge is 0.481 e. The van der Waals surface area contributed by atoms with Crippen molar-refractivity contribution in [3.8, 4) is 0 Å². The zero-order valence-electron chi connectivity index (χ0n) is 9.10. The number of carbonyl (C=O) groups is 1. The topological polar surface area (TPSA) is 37.3 Å². The van der Waals surface area contributed by atoms with E-state index in [2.05, 4.69) is 0 Å². The average Bonchev–Trinajstić information content (AvgIpc) is 2.26. The van der Waals surface area contributed by atoms with Crippen LogP contribution >= 0.6 is 0 Å². The molecule has 0 aliphatic carbocycles. The van der Waals surface area contributed by atoms with Crippen LogP contribution in [0.25, 0.3) is 5.57 Å². The fourth-order valence-electron chi connectivity index (χ4n) is 1.46. The van der Waals surface area contributed by atoms with E-state index in [0.717, 1.165) is 11.1 Å². The Morgan fingerprint density at radius 3 is 2.47 bits per heavy atom. The van der Waals surface area contributed by atoms with Crippen LogP contribution in [0.4, 0.5) is 0 Å². The molecule has 1 N–H and O–H groups in total. The molecule has 0 spiro atoms. The van der Waals surface area contributed by atoms with Crippen molar-refractivity contribution in [3.63, 3.8) is 0 Å². The van der Waals surface area contributed by atoms with Gasteiger partial charge in [0.15, 0.2) is 0 Å². The average molecular weight is 204 g/mol. The lowest BCUT2D eigenvalue weighted by atomic mass is 9.99. The molecule has 80 valence electrons. The summed E-state index contributed by atoms with van der Waals surface area (Å²) < 4.78 is 0. The van der Waals surface area contributed by atoms with Gasteiger partial charge in [-0.3, -0.25) is 4.79 Å². The van der Waals surface area contributed by atoms with Crippen molar-refractivity contribution in [3.05, 3.63) is 42.0 Å². The first kappa shape index (κ1) is 11.5. The molecule has 0 aliphatic heterocycles. The maximum atomic E-state index is 10.9. The first-order valence-corrected chi connectivity index (χ1v) is 5.11. The summed E-state index contributed by atoms with van der Waals surface area (Å²) in [5, 5.41) is 8.92. The molecule has 0 amide bonds. The summed E-state index contributed by atoms with van der Waals surface area (Å²) in [7, 11) is 0. The van der Waals surface area contributed by atoms with E-state index in [1.54, 1.807) is 0 Å². The van der Waals surface area contributed by atoms with Gasteiger partial charge in [-0.15, -0.1) is 0 Å². The molecular formula is C13H16O2. The van der Waals surface area contributed by atoms with Crippen LogP contribution in [0, 0.1) is 5.92 Å². The smallest absolute Gasteiger partial charge is 0.310 e. The second-order valence-corrected chi connectivity index (χ2v) is 3.57. The van der Waals surface area contributed by atoms with Gasteiger partial charge in [0.1, 0.15) is 0 Å². The molecule has 0 fully saturated rings. The number of hydrogen-bond donors (Lipinski definition) is 1. The van der Waals surface area contributed by atoms with E-state index in [1.165, 1.54) is 0 Å². The summed E-state index contributed by atoms with van der Waals surface area (Å²) in [6, 6.07) is 9.83. The van der Waals surface area contributed by atoms with Gasteiger partial charge >= 0.3 is 5.97 Å². The number of hydrogen-bond acceptors (Lipinski definition) is 1. The predicted octanol–water partition coefficient (Wildman–Crippen LogP) is 3.20. The second kappa shape index (κ2) is 5.35. The van der Waals surface area contributed by atoms with Crippen LogP contribution in [0.15, 0.2) is 36.4 Å². The van der Waals surface area contributed by atoms with Crippen molar-refractivity contribution < 1.29 is 9.90 Å². The van der Waals surface area contributed by atoms with Gasteiger partial charge < -0.3 is 5.11 Å². The van der Waals surface area contributed by atoms with Gasteiger partial charge in [-0.2, -0.15) is 0 Å². The van der Waals surface area contributed by atoms with Crippen LogP contribution in [0.5, 0.6) is 0 Å². The van der Waals surface area contributed by atoms with E-state index >= 15 is 0 Å². The van der Waals surface area contributed by atoms with E-state index in [0.29, 0.717) is 6.42 Å². The van der Waals surface area contributed by atoms with Crippen LogP contribution < -0.4 is 0 Å². The molecule has 0 aromatic heterocycles. The Kier molecular flexibility index (Phi) is 4.10. The minimum absolute atomic E-state index is 0.384. The number of carboxylic acids is 1. The number of benzene rings is 1. The Bertz CT molecular complexity index is 352. The normalized spacial score (nSPS) is 13.6. The summed E-state index contributed by atoms with van der Waals surface area (Å²) in [5.41, 5.74) is 2.10. The molecule has 1 rings (SSSR count). The number of rotatable bonds is 4. The third-order valence-corrected chi connectivity index (χ3v) is 2.44. The van der Waals surface area contributed by atoms with Gasteiger partial charge in [-0.05, 0) is 24.5 Å². The van der Waals surface area contributed by atoms with Crippen molar-refractivity contribution in [2.75, 3.05) is 0 Å². The lowest BCUT2D eigenvalue weighted by molar-refractivity contribution is -0.140. The Morgan fingerprint density at radius 1 is 1.40 bits per heavy atom. The van der Waals surface area contributed by atoms with E-state index in [1.807, 2.05) is 50.3 Å². The van der Waals surface area contributed by atoms with E-state index in [4.69, 9.17) is 5.11 Å². The molecule has 1 aromatic rings. The first-order chi connectivity index (χ1) is 7.15. The highest BCUT2D eigenvalue weighted by Crippen LogP contribution is 2.17. The molecule has 0 aliphatic rings. The van der Waals surface area contributed by atoms with Gasteiger partial charge in [-0.25, -0.2) is 0 Å². The number of allylic oxidation sites excluding steroid dienone is 1. The van der Waals surface area contributed by atoms with Crippen molar-refractivity contribution >= 4 is 11.5 Å².